The molecule has 0 aliphatic carbocycles. The van der Waals surface area contributed by atoms with Crippen molar-refractivity contribution in [2.75, 3.05) is 0 Å². The van der Waals surface area contributed by atoms with Gasteiger partial charge in [0.25, 0.3) is 0 Å². The number of aliphatic hydroxyl groups excluding tert-OH is 4. The number of esters is 1. The number of ketones is 1. The molecule has 1 fully saturated rings. The van der Waals surface area contributed by atoms with Crippen molar-refractivity contribution in [2.45, 2.75) is 142 Å². The SMILES string of the molecule is C/C1=C/[C@@]2(C)O[C@H](CC(=O)[C@H](O)[C@@H](O)[C@H](C)C[C@H](C)OC(=O)[C@H](C)CCC[C@H](O)/C=C\[C@@H](O)C[C@H](C)C1)C[C@@H]2C. The summed E-state index contributed by atoms with van der Waals surface area (Å²) in [6, 6.07) is 0. The molecule has 2 bridgehead atoms. The number of allylic oxidation sites excluding steroid dienone is 1. The Labute approximate surface area is 240 Å². The van der Waals surface area contributed by atoms with Gasteiger partial charge in [0.1, 0.15) is 6.10 Å². The molecule has 0 aromatic rings. The van der Waals surface area contributed by atoms with Gasteiger partial charge in [0, 0.05) is 6.42 Å². The van der Waals surface area contributed by atoms with Crippen molar-refractivity contribution in [1.29, 1.82) is 0 Å². The number of aliphatic hydroxyl groups is 4. The van der Waals surface area contributed by atoms with Crippen LogP contribution >= 0.6 is 0 Å². The summed E-state index contributed by atoms with van der Waals surface area (Å²) in [5.74, 6) is -1.28. The molecule has 4 N–H and O–H groups in total. The van der Waals surface area contributed by atoms with Crippen LogP contribution in [0.4, 0.5) is 0 Å². The maximum Gasteiger partial charge on any atom is 0.308 e. The van der Waals surface area contributed by atoms with Crippen molar-refractivity contribution in [3.63, 3.8) is 0 Å². The molecule has 2 rings (SSSR count). The van der Waals surface area contributed by atoms with Crippen LogP contribution in [0.5, 0.6) is 0 Å². The number of rotatable bonds is 0. The summed E-state index contributed by atoms with van der Waals surface area (Å²) in [6.07, 6.45) is 4.30. The van der Waals surface area contributed by atoms with E-state index in [-0.39, 0.29) is 36.2 Å². The first kappa shape index (κ1) is 34.6. The molecule has 11 atom stereocenters. The van der Waals surface area contributed by atoms with E-state index in [0.29, 0.717) is 38.5 Å². The lowest BCUT2D eigenvalue weighted by molar-refractivity contribution is -0.155. The summed E-state index contributed by atoms with van der Waals surface area (Å²) in [7, 11) is 0. The standard InChI is InChI=1S/C32H54O8/c1-19-13-20(2)18-32(7)23(5)16-27(40-32)17-28(35)30(37)29(36)22(4)15-24(6)39-31(38)21(3)9-8-10-25(33)11-12-26(34)14-19/h11-12,18-19,21-27,29-30,33-34,36-37H,8-10,13-17H2,1-7H3/b12-11-,20-18-/t19-,21-,22-,23+,24+,25+,26-,27+,29+,30+,32-/m1/s1. The van der Waals surface area contributed by atoms with Crippen molar-refractivity contribution in [2.24, 2.45) is 23.7 Å². The molecule has 0 saturated carbocycles. The van der Waals surface area contributed by atoms with E-state index in [1.165, 1.54) is 0 Å². The van der Waals surface area contributed by atoms with Crippen molar-refractivity contribution in [1.82, 2.24) is 0 Å². The summed E-state index contributed by atoms with van der Waals surface area (Å²) >= 11 is 0. The lowest BCUT2D eigenvalue weighted by Gasteiger charge is -2.28. The summed E-state index contributed by atoms with van der Waals surface area (Å²) in [4.78, 5) is 25.5. The Kier molecular flexibility index (Phi) is 13.5. The summed E-state index contributed by atoms with van der Waals surface area (Å²) in [5.41, 5.74) is 0.580. The number of carbonyl (C=O) groups excluding carboxylic acids is 2. The molecule has 0 aromatic heterocycles. The van der Waals surface area contributed by atoms with Crippen molar-refractivity contribution in [3.05, 3.63) is 23.8 Å². The lowest BCUT2D eigenvalue weighted by Crippen LogP contribution is -2.41. The van der Waals surface area contributed by atoms with Gasteiger partial charge in [-0.3, -0.25) is 9.59 Å². The molecule has 2 heterocycles. The molecular formula is C32H54O8. The highest BCUT2D eigenvalue weighted by Gasteiger charge is 2.43. The van der Waals surface area contributed by atoms with Gasteiger partial charge in [-0.2, -0.15) is 0 Å². The smallest absolute Gasteiger partial charge is 0.308 e. The first-order valence-electron chi connectivity index (χ1n) is 15.1. The number of carbonyl (C=O) groups is 2. The van der Waals surface area contributed by atoms with Crippen LogP contribution in [-0.2, 0) is 19.1 Å². The topological polar surface area (TPSA) is 134 Å². The van der Waals surface area contributed by atoms with Gasteiger partial charge < -0.3 is 29.9 Å². The maximum atomic E-state index is 12.9. The van der Waals surface area contributed by atoms with Crippen molar-refractivity contribution in [3.8, 4) is 0 Å². The number of ether oxygens (including phenoxy) is 2. The summed E-state index contributed by atoms with van der Waals surface area (Å²) < 4.78 is 11.9. The van der Waals surface area contributed by atoms with Gasteiger partial charge in [0.2, 0.25) is 0 Å². The number of Topliss-reactive ketones (excluding diaryl/α,β-unsaturated/α-hetero) is 1. The van der Waals surface area contributed by atoms with Gasteiger partial charge in [-0.1, -0.05) is 51.5 Å². The van der Waals surface area contributed by atoms with E-state index in [9.17, 15) is 30.0 Å². The highest BCUT2D eigenvalue weighted by atomic mass is 16.5. The highest BCUT2D eigenvalue weighted by Crippen LogP contribution is 2.39. The Hall–Kier alpha value is -1.58. The number of cyclic esters (lactones) is 1. The van der Waals surface area contributed by atoms with Crippen LogP contribution in [-0.4, -0.2) is 74.4 Å². The molecule has 8 heteroatoms. The van der Waals surface area contributed by atoms with Crippen LogP contribution in [0.2, 0.25) is 0 Å². The Morgan fingerprint density at radius 2 is 1.52 bits per heavy atom. The molecule has 2 aliphatic rings. The quantitative estimate of drug-likeness (QED) is 0.252. The maximum absolute atomic E-state index is 12.9. The molecule has 40 heavy (non-hydrogen) atoms. The van der Waals surface area contributed by atoms with Crippen LogP contribution in [0.1, 0.15) is 99.8 Å². The fourth-order valence-corrected chi connectivity index (χ4v) is 6.10. The van der Waals surface area contributed by atoms with Crippen LogP contribution in [0.3, 0.4) is 0 Å². The first-order chi connectivity index (χ1) is 18.6. The van der Waals surface area contributed by atoms with E-state index in [1.54, 1.807) is 32.9 Å². The second kappa shape index (κ2) is 15.6. The first-order valence-corrected chi connectivity index (χ1v) is 15.1. The van der Waals surface area contributed by atoms with Gasteiger partial charge in [-0.15, -0.1) is 0 Å². The molecule has 0 aromatic carbocycles. The molecule has 2 aliphatic heterocycles. The van der Waals surface area contributed by atoms with E-state index in [4.69, 9.17) is 9.47 Å². The third-order valence-corrected chi connectivity index (χ3v) is 8.64. The second-order valence-corrected chi connectivity index (χ2v) is 13.0. The third-order valence-electron chi connectivity index (χ3n) is 8.64. The van der Waals surface area contributed by atoms with Crippen LogP contribution in [0.25, 0.3) is 0 Å². The Morgan fingerprint density at radius 3 is 2.20 bits per heavy atom. The monoisotopic (exact) mass is 566 g/mol. The number of hydrogen-bond donors (Lipinski definition) is 4. The van der Waals surface area contributed by atoms with Gasteiger partial charge in [-0.25, -0.2) is 0 Å². The zero-order chi connectivity index (χ0) is 30.2. The van der Waals surface area contributed by atoms with Crippen molar-refractivity contribution >= 4 is 11.8 Å². The number of hydrogen-bond acceptors (Lipinski definition) is 8. The average Bonchev–Trinajstić information content (AvgIpc) is 3.12. The van der Waals surface area contributed by atoms with Crippen LogP contribution < -0.4 is 0 Å². The number of fused-ring (bicyclic) bond motifs is 2. The third kappa shape index (κ3) is 10.7. The van der Waals surface area contributed by atoms with Crippen LogP contribution in [0.15, 0.2) is 23.8 Å². The fraction of sp³-hybridized carbons (Fsp3) is 0.812. The Bertz CT molecular complexity index is 884. The van der Waals surface area contributed by atoms with E-state index in [0.717, 1.165) is 12.0 Å². The summed E-state index contributed by atoms with van der Waals surface area (Å²) in [5, 5.41) is 42.2. The molecule has 0 amide bonds. The molecular weight excluding hydrogens is 512 g/mol. The van der Waals surface area contributed by atoms with Crippen LogP contribution in [0, 0.1) is 23.7 Å². The van der Waals surface area contributed by atoms with E-state index in [2.05, 4.69) is 19.9 Å². The predicted octanol–water partition coefficient (Wildman–Crippen LogP) is 4.27. The Morgan fingerprint density at radius 1 is 0.875 bits per heavy atom. The molecule has 230 valence electrons. The van der Waals surface area contributed by atoms with E-state index < -0.39 is 47.8 Å². The largest absolute Gasteiger partial charge is 0.462 e. The molecule has 0 unspecified atom stereocenters. The van der Waals surface area contributed by atoms with E-state index >= 15 is 0 Å². The zero-order valence-electron chi connectivity index (χ0n) is 25.6. The molecule has 1 saturated heterocycles. The molecule has 0 spiro atoms. The molecule has 0 radical (unpaired) electrons. The average molecular weight is 567 g/mol. The fourth-order valence-electron chi connectivity index (χ4n) is 6.10. The minimum atomic E-state index is -1.54. The minimum Gasteiger partial charge on any atom is -0.462 e. The molecule has 8 nitrogen and oxygen atoms in total. The van der Waals surface area contributed by atoms with Gasteiger partial charge in [-0.05, 0) is 83.5 Å². The van der Waals surface area contributed by atoms with E-state index in [1.807, 2.05) is 13.8 Å². The minimum absolute atomic E-state index is 0.0145. The Balaban J connectivity index is 2.18. The van der Waals surface area contributed by atoms with Gasteiger partial charge in [0.15, 0.2) is 5.78 Å². The van der Waals surface area contributed by atoms with Gasteiger partial charge >= 0.3 is 5.97 Å². The lowest BCUT2D eigenvalue weighted by atomic mass is 9.85. The normalized spacial score (nSPS) is 44.5. The highest BCUT2D eigenvalue weighted by molar-refractivity contribution is 5.84. The van der Waals surface area contributed by atoms with Crippen molar-refractivity contribution < 1.29 is 39.5 Å². The predicted molar refractivity (Wildman–Crippen MR) is 154 cm³/mol. The zero-order valence-corrected chi connectivity index (χ0v) is 25.6. The second-order valence-electron chi connectivity index (χ2n) is 13.0. The van der Waals surface area contributed by atoms with Gasteiger partial charge in [0.05, 0.1) is 42.0 Å². The summed E-state index contributed by atoms with van der Waals surface area (Å²) in [6.45, 7) is 13.5.